The van der Waals surface area contributed by atoms with Crippen LogP contribution in [0.3, 0.4) is 0 Å². The van der Waals surface area contributed by atoms with Gasteiger partial charge in [0.25, 0.3) is 0 Å². The van der Waals surface area contributed by atoms with Gasteiger partial charge in [0.2, 0.25) is 0 Å². The maximum atomic E-state index is 13.1. The zero-order valence-electron chi connectivity index (χ0n) is 13.8. The van der Waals surface area contributed by atoms with Crippen LogP contribution in [0, 0.1) is 17.7 Å². The van der Waals surface area contributed by atoms with Gasteiger partial charge in [-0.15, -0.1) is 0 Å². The minimum Gasteiger partial charge on any atom is -0.462 e. The van der Waals surface area contributed by atoms with Crippen LogP contribution in [0.25, 0.3) is 0 Å². The molecule has 0 aliphatic heterocycles. The Hall–Kier alpha value is -1.95. The van der Waals surface area contributed by atoms with Crippen molar-refractivity contribution in [3.63, 3.8) is 0 Å². The average Bonchev–Trinajstić information content (AvgIpc) is 2.50. The second kappa shape index (κ2) is 8.06. The standard InChI is InChI=1S/C17H23FO5/c1-11(2)15(19)22-9-17(21,10-23-16(20)12(3)4)13-5-7-14(18)8-6-13/h5-8,11-12,21H,9-10H2,1-4H3. The van der Waals surface area contributed by atoms with E-state index >= 15 is 0 Å². The number of benzene rings is 1. The lowest BCUT2D eigenvalue weighted by Crippen LogP contribution is -2.39. The van der Waals surface area contributed by atoms with Gasteiger partial charge < -0.3 is 14.6 Å². The number of carbonyl (C=O) groups is 2. The van der Waals surface area contributed by atoms with Crippen LogP contribution in [0.15, 0.2) is 24.3 Å². The van der Waals surface area contributed by atoms with Crippen LogP contribution in [-0.4, -0.2) is 30.3 Å². The van der Waals surface area contributed by atoms with Crippen molar-refractivity contribution in [1.82, 2.24) is 0 Å². The first-order valence-electron chi connectivity index (χ1n) is 7.47. The zero-order valence-corrected chi connectivity index (χ0v) is 13.8. The SMILES string of the molecule is CC(C)C(=O)OCC(O)(COC(=O)C(C)C)c1ccc(F)cc1. The minimum atomic E-state index is -1.73. The summed E-state index contributed by atoms with van der Waals surface area (Å²) in [6, 6.07) is 5.08. The van der Waals surface area contributed by atoms with Gasteiger partial charge in [-0.1, -0.05) is 39.8 Å². The first-order chi connectivity index (χ1) is 10.7. The molecule has 0 aliphatic carbocycles. The molecule has 0 unspecified atom stereocenters. The Morgan fingerprint density at radius 3 is 1.74 bits per heavy atom. The molecule has 128 valence electrons. The van der Waals surface area contributed by atoms with Crippen molar-refractivity contribution >= 4 is 11.9 Å². The van der Waals surface area contributed by atoms with Crippen LogP contribution < -0.4 is 0 Å². The Bertz CT molecular complexity index is 512. The Balaban J connectivity index is 2.92. The third kappa shape index (κ3) is 5.63. The first kappa shape index (κ1) is 19.1. The van der Waals surface area contributed by atoms with Crippen molar-refractivity contribution in [3.8, 4) is 0 Å². The molecule has 0 bridgehead atoms. The largest absolute Gasteiger partial charge is 0.462 e. The smallest absolute Gasteiger partial charge is 0.308 e. The fraction of sp³-hybridized carbons (Fsp3) is 0.529. The highest BCUT2D eigenvalue weighted by atomic mass is 19.1. The van der Waals surface area contributed by atoms with Gasteiger partial charge in [0.15, 0.2) is 5.60 Å². The van der Waals surface area contributed by atoms with Gasteiger partial charge in [-0.25, -0.2) is 4.39 Å². The summed E-state index contributed by atoms with van der Waals surface area (Å²) < 4.78 is 23.2. The highest BCUT2D eigenvalue weighted by Gasteiger charge is 2.34. The molecule has 0 fully saturated rings. The summed E-state index contributed by atoms with van der Waals surface area (Å²) in [6.45, 7) is 5.88. The number of aliphatic hydroxyl groups is 1. The molecule has 0 saturated carbocycles. The predicted molar refractivity (Wildman–Crippen MR) is 81.9 cm³/mol. The van der Waals surface area contributed by atoms with E-state index in [2.05, 4.69) is 0 Å². The highest BCUT2D eigenvalue weighted by Crippen LogP contribution is 2.24. The van der Waals surface area contributed by atoms with Gasteiger partial charge in [0.05, 0.1) is 11.8 Å². The van der Waals surface area contributed by atoms with Crippen LogP contribution in [0.5, 0.6) is 0 Å². The summed E-state index contributed by atoms with van der Waals surface area (Å²) >= 11 is 0. The Kier molecular flexibility index (Phi) is 6.69. The summed E-state index contributed by atoms with van der Waals surface area (Å²) in [7, 11) is 0. The molecule has 0 amide bonds. The Labute approximate surface area is 135 Å². The van der Waals surface area contributed by atoms with Gasteiger partial charge >= 0.3 is 11.9 Å². The molecule has 1 aromatic carbocycles. The minimum absolute atomic E-state index is 0.298. The predicted octanol–water partition coefficient (Wildman–Crippen LogP) is 2.41. The number of hydrogen-bond acceptors (Lipinski definition) is 5. The highest BCUT2D eigenvalue weighted by molar-refractivity contribution is 5.72. The van der Waals surface area contributed by atoms with Crippen LogP contribution >= 0.6 is 0 Å². The fourth-order valence-corrected chi connectivity index (χ4v) is 1.68. The molecule has 0 aromatic heterocycles. The normalized spacial score (nSPS) is 11.7. The van der Waals surface area contributed by atoms with E-state index in [4.69, 9.17) is 9.47 Å². The second-order valence-electron chi connectivity index (χ2n) is 6.06. The van der Waals surface area contributed by atoms with Crippen LogP contribution in [0.2, 0.25) is 0 Å². The summed E-state index contributed by atoms with van der Waals surface area (Å²) in [6.07, 6.45) is 0. The molecule has 0 atom stereocenters. The number of ether oxygens (including phenoxy) is 2. The molecule has 0 radical (unpaired) electrons. The van der Waals surface area contributed by atoms with Crippen molar-refractivity contribution in [1.29, 1.82) is 0 Å². The van der Waals surface area contributed by atoms with E-state index in [1.807, 2.05) is 0 Å². The topological polar surface area (TPSA) is 72.8 Å². The van der Waals surface area contributed by atoms with Gasteiger partial charge in [-0.2, -0.15) is 0 Å². The molecule has 0 saturated heterocycles. The molecule has 0 aliphatic rings. The summed E-state index contributed by atoms with van der Waals surface area (Å²) in [5.41, 5.74) is -1.44. The summed E-state index contributed by atoms with van der Waals surface area (Å²) in [5.74, 6) is -2.15. The van der Waals surface area contributed by atoms with E-state index in [1.165, 1.54) is 24.3 Å². The lowest BCUT2D eigenvalue weighted by atomic mass is 9.95. The number of halogens is 1. The lowest BCUT2D eigenvalue weighted by molar-refractivity contribution is -0.168. The summed E-state index contributed by atoms with van der Waals surface area (Å²) in [5, 5.41) is 10.8. The van der Waals surface area contributed by atoms with E-state index in [-0.39, 0.29) is 25.0 Å². The zero-order chi connectivity index (χ0) is 17.6. The third-order valence-electron chi connectivity index (χ3n) is 3.23. The molecule has 0 heterocycles. The summed E-state index contributed by atoms with van der Waals surface area (Å²) in [4.78, 5) is 23.2. The average molecular weight is 326 g/mol. The van der Waals surface area contributed by atoms with Crippen LogP contribution in [0.1, 0.15) is 33.3 Å². The third-order valence-corrected chi connectivity index (χ3v) is 3.23. The van der Waals surface area contributed by atoms with Crippen molar-refractivity contribution in [3.05, 3.63) is 35.6 Å². The van der Waals surface area contributed by atoms with Crippen molar-refractivity contribution in [2.45, 2.75) is 33.3 Å². The number of hydrogen-bond donors (Lipinski definition) is 1. The fourth-order valence-electron chi connectivity index (χ4n) is 1.68. The van der Waals surface area contributed by atoms with Gasteiger partial charge in [0.1, 0.15) is 19.0 Å². The monoisotopic (exact) mass is 326 g/mol. The van der Waals surface area contributed by atoms with E-state index in [0.717, 1.165) is 0 Å². The van der Waals surface area contributed by atoms with Gasteiger partial charge in [-0.3, -0.25) is 9.59 Å². The second-order valence-corrected chi connectivity index (χ2v) is 6.06. The lowest BCUT2D eigenvalue weighted by Gasteiger charge is -2.28. The van der Waals surface area contributed by atoms with Gasteiger partial charge in [0, 0.05) is 0 Å². The van der Waals surface area contributed by atoms with E-state index in [9.17, 15) is 19.1 Å². The van der Waals surface area contributed by atoms with Crippen LogP contribution in [0.4, 0.5) is 4.39 Å². The van der Waals surface area contributed by atoms with E-state index in [1.54, 1.807) is 27.7 Å². The Morgan fingerprint density at radius 1 is 1.00 bits per heavy atom. The molecule has 0 spiro atoms. The molecule has 6 heteroatoms. The maximum absolute atomic E-state index is 13.1. The van der Waals surface area contributed by atoms with Gasteiger partial charge in [-0.05, 0) is 17.7 Å². The molecule has 1 N–H and O–H groups in total. The molecule has 23 heavy (non-hydrogen) atoms. The van der Waals surface area contributed by atoms with Crippen LogP contribution in [-0.2, 0) is 24.7 Å². The van der Waals surface area contributed by atoms with E-state index < -0.39 is 23.4 Å². The molecule has 1 rings (SSSR count). The van der Waals surface area contributed by atoms with Crippen molar-refractivity contribution in [2.24, 2.45) is 11.8 Å². The number of rotatable bonds is 7. The van der Waals surface area contributed by atoms with Crippen molar-refractivity contribution in [2.75, 3.05) is 13.2 Å². The molecular weight excluding hydrogens is 303 g/mol. The Morgan fingerprint density at radius 2 is 1.39 bits per heavy atom. The molecule has 1 aromatic rings. The molecular formula is C17H23FO5. The quantitative estimate of drug-likeness (QED) is 0.779. The first-order valence-corrected chi connectivity index (χ1v) is 7.47. The maximum Gasteiger partial charge on any atom is 0.308 e. The van der Waals surface area contributed by atoms with E-state index in [0.29, 0.717) is 5.56 Å². The molecule has 5 nitrogen and oxygen atoms in total. The van der Waals surface area contributed by atoms with Crippen molar-refractivity contribution < 1.29 is 28.6 Å². The number of esters is 2. The number of carbonyl (C=O) groups excluding carboxylic acids is 2.